The van der Waals surface area contributed by atoms with Gasteiger partial charge in [0.05, 0.1) is 10.7 Å². The summed E-state index contributed by atoms with van der Waals surface area (Å²) in [6.45, 7) is 5.03. The number of urea groups is 1. The molecule has 8 heteroatoms. The summed E-state index contributed by atoms with van der Waals surface area (Å²) in [7, 11) is 0. The third-order valence-corrected chi connectivity index (χ3v) is 6.68. The van der Waals surface area contributed by atoms with Crippen LogP contribution in [0.5, 0.6) is 0 Å². The Morgan fingerprint density at radius 1 is 1.03 bits per heavy atom. The first-order valence-electron chi connectivity index (χ1n) is 11.0. The van der Waals surface area contributed by atoms with Crippen LogP contribution in [0, 0.1) is 0 Å². The standard InChI is InChI=1S/C23H29Cl2N5O/c24-18-5-6-21(20(25)14-18)28-23(31)27-16-17-4-7-22(26-15-17)30-12-8-19(9-13-30)29-10-2-1-3-11-29/h4-7,14-15,19H,1-3,8-13,16H2,(H2,27,28,31). The van der Waals surface area contributed by atoms with E-state index < -0.39 is 0 Å². The number of hydrogen-bond donors (Lipinski definition) is 2. The highest BCUT2D eigenvalue weighted by Crippen LogP contribution is 2.26. The summed E-state index contributed by atoms with van der Waals surface area (Å²) in [6, 6.07) is 9.42. The first-order chi connectivity index (χ1) is 15.1. The number of carbonyl (C=O) groups is 1. The molecule has 0 unspecified atom stereocenters. The number of amides is 2. The molecule has 2 aliphatic rings. The van der Waals surface area contributed by atoms with E-state index in [0.29, 0.717) is 22.3 Å². The SMILES string of the molecule is O=C(NCc1ccc(N2CCC(N3CCCCC3)CC2)nc1)Nc1ccc(Cl)cc1Cl. The molecule has 4 rings (SSSR count). The van der Waals surface area contributed by atoms with Crippen LogP contribution in [-0.2, 0) is 6.54 Å². The number of benzene rings is 1. The molecule has 166 valence electrons. The predicted octanol–water partition coefficient (Wildman–Crippen LogP) is 5.16. The zero-order chi connectivity index (χ0) is 21.6. The highest BCUT2D eigenvalue weighted by Gasteiger charge is 2.26. The van der Waals surface area contributed by atoms with Crippen LogP contribution in [0.4, 0.5) is 16.3 Å². The molecule has 0 aliphatic carbocycles. The minimum absolute atomic E-state index is 0.326. The minimum atomic E-state index is -0.326. The van der Waals surface area contributed by atoms with Crippen LogP contribution in [0.1, 0.15) is 37.7 Å². The average Bonchev–Trinajstić information content (AvgIpc) is 2.81. The summed E-state index contributed by atoms with van der Waals surface area (Å²) < 4.78 is 0. The molecule has 6 nitrogen and oxygen atoms in total. The molecular weight excluding hydrogens is 433 g/mol. The lowest BCUT2D eigenvalue weighted by molar-refractivity contribution is 0.141. The Kier molecular flexibility index (Phi) is 7.54. The van der Waals surface area contributed by atoms with Crippen molar-refractivity contribution in [1.82, 2.24) is 15.2 Å². The molecule has 0 radical (unpaired) electrons. The maximum atomic E-state index is 12.2. The lowest BCUT2D eigenvalue weighted by Gasteiger charge is -2.40. The monoisotopic (exact) mass is 461 g/mol. The lowest BCUT2D eigenvalue weighted by Crippen LogP contribution is -2.46. The number of pyridine rings is 1. The van der Waals surface area contributed by atoms with E-state index in [1.807, 2.05) is 18.3 Å². The van der Waals surface area contributed by atoms with E-state index in [4.69, 9.17) is 23.2 Å². The van der Waals surface area contributed by atoms with Gasteiger partial charge in [-0.15, -0.1) is 0 Å². The second-order valence-corrected chi connectivity index (χ2v) is 9.11. The van der Waals surface area contributed by atoms with Crippen LogP contribution >= 0.6 is 23.2 Å². The van der Waals surface area contributed by atoms with E-state index in [1.165, 1.54) is 45.2 Å². The molecule has 31 heavy (non-hydrogen) atoms. The van der Waals surface area contributed by atoms with Gasteiger partial charge in [-0.3, -0.25) is 0 Å². The van der Waals surface area contributed by atoms with Crippen molar-refractivity contribution in [3.63, 3.8) is 0 Å². The first kappa shape index (κ1) is 22.2. The van der Waals surface area contributed by atoms with Crippen molar-refractivity contribution in [2.75, 3.05) is 36.4 Å². The number of anilines is 2. The van der Waals surface area contributed by atoms with Gasteiger partial charge in [-0.1, -0.05) is 35.7 Å². The van der Waals surface area contributed by atoms with Gasteiger partial charge in [-0.2, -0.15) is 0 Å². The Morgan fingerprint density at radius 3 is 2.48 bits per heavy atom. The Morgan fingerprint density at radius 2 is 1.81 bits per heavy atom. The third kappa shape index (κ3) is 6.03. The average molecular weight is 462 g/mol. The van der Waals surface area contributed by atoms with E-state index in [1.54, 1.807) is 18.2 Å². The molecule has 0 bridgehead atoms. The van der Waals surface area contributed by atoms with Crippen molar-refractivity contribution < 1.29 is 4.79 Å². The number of piperidine rings is 2. The van der Waals surface area contributed by atoms with Gasteiger partial charge in [0.1, 0.15) is 5.82 Å². The molecule has 0 saturated carbocycles. The number of aromatic nitrogens is 1. The molecule has 2 aromatic rings. The largest absolute Gasteiger partial charge is 0.357 e. The highest BCUT2D eigenvalue weighted by atomic mass is 35.5. The van der Waals surface area contributed by atoms with Crippen molar-refractivity contribution >= 4 is 40.7 Å². The van der Waals surface area contributed by atoms with E-state index in [2.05, 4.69) is 25.4 Å². The molecule has 2 aliphatic heterocycles. The fraction of sp³-hybridized carbons (Fsp3) is 0.478. The van der Waals surface area contributed by atoms with Gasteiger partial charge in [-0.05, 0) is 68.6 Å². The van der Waals surface area contributed by atoms with Crippen LogP contribution in [0.2, 0.25) is 10.0 Å². The van der Waals surface area contributed by atoms with Crippen molar-refractivity contribution in [3.05, 3.63) is 52.1 Å². The Balaban J connectivity index is 1.23. The summed E-state index contributed by atoms with van der Waals surface area (Å²) in [5.41, 5.74) is 1.47. The normalized spacial score (nSPS) is 18.1. The van der Waals surface area contributed by atoms with Crippen molar-refractivity contribution in [2.45, 2.75) is 44.7 Å². The number of carbonyl (C=O) groups excluding carboxylic acids is 1. The summed E-state index contributed by atoms with van der Waals surface area (Å²) >= 11 is 12.0. The Hall–Kier alpha value is -2.02. The summed E-state index contributed by atoms with van der Waals surface area (Å²) in [6.07, 6.45) is 8.33. The Labute approximate surface area is 193 Å². The number of rotatable bonds is 5. The summed E-state index contributed by atoms with van der Waals surface area (Å²) in [5.74, 6) is 1.01. The number of nitrogens with zero attached hydrogens (tertiary/aromatic N) is 3. The minimum Gasteiger partial charge on any atom is -0.357 e. The molecule has 2 saturated heterocycles. The van der Waals surface area contributed by atoms with Gasteiger partial charge in [0, 0.05) is 36.9 Å². The van der Waals surface area contributed by atoms with Gasteiger partial charge in [0.2, 0.25) is 0 Å². The van der Waals surface area contributed by atoms with Gasteiger partial charge in [0.15, 0.2) is 0 Å². The van der Waals surface area contributed by atoms with Crippen LogP contribution in [0.25, 0.3) is 0 Å². The van der Waals surface area contributed by atoms with Crippen molar-refractivity contribution in [1.29, 1.82) is 0 Å². The smallest absolute Gasteiger partial charge is 0.319 e. The number of nitrogens with one attached hydrogen (secondary N) is 2. The Bertz CT molecular complexity index is 878. The van der Waals surface area contributed by atoms with Crippen LogP contribution in [0.15, 0.2) is 36.5 Å². The molecular formula is C23H29Cl2N5O. The van der Waals surface area contributed by atoms with Crippen molar-refractivity contribution in [2.24, 2.45) is 0 Å². The van der Waals surface area contributed by atoms with E-state index in [-0.39, 0.29) is 6.03 Å². The molecule has 1 aromatic carbocycles. The topological polar surface area (TPSA) is 60.5 Å². The van der Waals surface area contributed by atoms with Gasteiger partial charge in [0.25, 0.3) is 0 Å². The van der Waals surface area contributed by atoms with E-state index >= 15 is 0 Å². The number of hydrogen-bond acceptors (Lipinski definition) is 4. The molecule has 2 fully saturated rings. The first-order valence-corrected chi connectivity index (χ1v) is 11.8. The van der Waals surface area contributed by atoms with E-state index in [9.17, 15) is 4.79 Å². The number of likely N-dealkylation sites (tertiary alicyclic amines) is 1. The lowest BCUT2D eigenvalue weighted by atomic mass is 10.00. The quantitative estimate of drug-likeness (QED) is 0.644. The third-order valence-electron chi connectivity index (χ3n) is 6.14. The van der Waals surface area contributed by atoms with Gasteiger partial charge < -0.3 is 20.4 Å². The fourth-order valence-corrected chi connectivity index (χ4v) is 4.85. The summed E-state index contributed by atoms with van der Waals surface area (Å²) in [4.78, 5) is 21.8. The molecule has 3 heterocycles. The van der Waals surface area contributed by atoms with Crippen LogP contribution in [0.3, 0.4) is 0 Å². The second kappa shape index (κ2) is 10.5. The van der Waals surface area contributed by atoms with E-state index in [0.717, 1.165) is 30.5 Å². The second-order valence-electron chi connectivity index (χ2n) is 8.27. The molecule has 0 atom stereocenters. The van der Waals surface area contributed by atoms with Gasteiger partial charge in [-0.25, -0.2) is 9.78 Å². The zero-order valence-corrected chi connectivity index (χ0v) is 19.1. The molecule has 2 N–H and O–H groups in total. The van der Waals surface area contributed by atoms with Crippen LogP contribution < -0.4 is 15.5 Å². The zero-order valence-electron chi connectivity index (χ0n) is 17.6. The fourth-order valence-electron chi connectivity index (χ4n) is 4.39. The maximum absolute atomic E-state index is 12.2. The maximum Gasteiger partial charge on any atom is 0.319 e. The van der Waals surface area contributed by atoms with Crippen LogP contribution in [-0.4, -0.2) is 48.1 Å². The van der Waals surface area contributed by atoms with Gasteiger partial charge >= 0.3 is 6.03 Å². The predicted molar refractivity (Wildman–Crippen MR) is 127 cm³/mol. The number of halogens is 2. The summed E-state index contributed by atoms with van der Waals surface area (Å²) in [5, 5.41) is 6.48. The molecule has 2 amide bonds. The molecule has 1 aromatic heterocycles. The highest BCUT2D eigenvalue weighted by molar-refractivity contribution is 6.36. The molecule has 0 spiro atoms. The van der Waals surface area contributed by atoms with Crippen molar-refractivity contribution in [3.8, 4) is 0 Å².